The van der Waals surface area contributed by atoms with Crippen LogP contribution in [0.1, 0.15) is 42.2 Å². The SMILES string of the molecule is CCCOc1ccc(C2NC(=S)NC(C)=C2C(=O)c2ccccc2)cc1[N+](=O)[O-]. The lowest BCUT2D eigenvalue weighted by Gasteiger charge is -2.30. The van der Waals surface area contributed by atoms with Crippen molar-refractivity contribution in [3.05, 3.63) is 81.0 Å². The molecule has 2 aromatic rings. The van der Waals surface area contributed by atoms with E-state index in [-0.39, 0.29) is 17.2 Å². The summed E-state index contributed by atoms with van der Waals surface area (Å²) in [5.74, 6) is 0.0262. The van der Waals surface area contributed by atoms with Crippen LogP contribution in [0.25, 0.3) is 0 Å². The van der Waals surface area contributed by atoms with Gasteiger partial charge in [0.25, 0.3) is 0 Å². The molecule has 1 unspecified atom stereocenters. The molecule has 8 heteroatoms. The number of ether oxygens (including phenoxy) is 1. The van der Waals surface area contributed by atoms with Gasteiger partial charge in [0.15, 0.2) is 16.6 Å². The minimum absolute atomic E-state index is 0.147. The molecule has 1 aliphatic rings. The topological polar surface area (TPSA) is 93.5 Å². The Balaban J connectivity index is 2.06. The first-order valence-corrected chi connectivity index (χ1v) is 9.62. The van der Waals surface area contributed by atoms with E-state index in [0.717, 1.165) is 6.42 Å². The van der Waals surface area contributed by atoms with E-state index in [2.05, 4.69) is 10.6 Å². The predicted molar refractivity (Wildman–Crippen MR) is 114 cm³/mol. The van der Waals surface area contributed by atoms with E-state index in [0.29, 0.717) is 34.1 Å². The molecule has 0 saturated carbocycles. The van der Waals surface area contributed by atoms with Gasteiger partial charge >= 0.3 is 5.69 Å². The Labute approximate surface area is 173 Å². The molecule has 3 rings (SSSR count). The Morgan fingerprint density at radius 3 is 2.62 bits per heavy atom. The Morgan fingerprint density at radius 2 is 1.97 bits per heavy atom. The van der Waals surface area contributed by atoms with Crippen molar-refractivity contribution in [2.24, 2.45) is 0 Å². The predicted octanol–water partition coefficient (Wildman–Crippen LogP) is 4.06. The van der Waals surface area contributed by atoms with Crippen molar-refractivity contribution in [2.75, 3.05) is 6.61 Å². The summed E-state index contributed by atoms with van der Waals surface area (Å²) in [4.78, 5) is 24.3. The number of nitrogens with zero attached hydrogens (tertiary/aromatic N) is 1. The van der Waals surface area contributed by atoms with E-state index in [9.17, 15) is 14.9 Å². The molecule has 0 aromatic heterocycles. The number of carbonyl (C=O) groups is 1. The molecule has 2 N–H and O–H groups in total. The number of nitrogens with one attached hydrogen (secondary N) is 2. The summed E-state index contributed by atoms with van der Waals surface area (Å²) in [5, 5.41) is 18.0. The van der Waals surface area contributed by atoms with Gasteiger partial charge in [-0.25, -0.2) is 0 Å². The molecular weight excluding hydrogens is 390 g/mol. The number of nitro benzene ring substituents is 1. The number of hydrogen-bond acceptors (Lipinski definition) is 5. The molecule has 1 atom stereocenters. The van der Waals surface area contributed by atoms with Crippen LogP contribution in [-0.4, -0.2) is 22.4 Å². The fourth-order valence-electron chi connectivity index (χ4n) is 3.18. The number of carbonyl (C=O) groups excluding carboxylic acids is 1. The maximum absolute atomic E-state index is 13.2. The van der Waals surface area contributed by atoms with Crippen LogP contribution >= 0.6 is 12.2 Å². The van der Waals surface area contributed by atoms with Crippen molar-refractivity contribution in [2.45, 2.75) is 26.3 Å². The second-order valence-electron chi connectivity index (χ2n) is 6.60. The number of Topliss-reactive ketones (excluding diaryl/α,β-unsaturated/α-hetero) is 1. The number of nitro groups is 1. The van der Waals surface area contributed by atoms with Crippen LogP contribution in [0.2, 0.25) is 0 Å². The molecule has 1 aliphatic heterocycles. The van der Waals surface area contributed by atoms with E-state index in [1.54, 1.807) is 43.3 Å². The summed E-state index contributed by atoms with van der Waals surface area (Å²) < 4.78 is 5.50. The van der Waals surface area contributed by atoms with E-state index in [1.807, 2.05) is 13.0 Å². The largest absolute Gasteiger partial charge is 0.487 e. The minimum atomic E-state index is -0.615. The third-order valence-electron chi connectivity index (χ3n) is 4.52. The standard InChI is InChI=1S/C21H21N3O4S/c1-3-11-28-17-10-9-15(12-16(17)24(26)27)19-18(13(2)22-21(29)23-19)20(25)14-7-5-4-6-8-14/h4-10,12,19H,3,11H2,1-2H3,(H2,22,23,29). The van der Waals surface area contributed by atoms with Gasteiger partial charge in [-0.05, 0) is 37.2 Å². The zero-order valence-corrected chi connectivity index (χ0v) is 16.9. The van der Waals surface area contributed by atoms with Crippen molar-refractivity contribution < 1.29 is 14.5 Å². The van der Waals surface area contributed by atoms with Crippen molar-refractivity contribution in [3.63, 3.8) is 0 Å². The average molecular weight is 411 g/mol. The number of hydrogen-bond donors (Lipinski definition) is 2. The highest BCUT2D eigenvalue weighted by Gasteiger charge is 2.32. The van der Waals surface area contributed by atoms with Gasteiger partial charge in [0.2, 0.25) is 0 Å². The summed E-state index contributed by atoms with van der Waals surface area (Å²) >= 11 is 5.26. The fourth-order valence-corrected chi connectivity index (χ4v) is 3.45. The Morgan fingerprint density at radius 1 is 1.24 bits per heavy atom. The van der Waals surface area contributed by atoms with Gasteiger partial charge in [-0.3, -0.25) is 14.9 Å². The quantitative estimate of drug-likeness (QED) is 0.307. The second kappa shape index (κ2) is 8.83. The van der Waals surface area contributed by atoms with Crippen LogP contribution in [0.5, 0.6) is 5.75 Å². The van der Waals surface area contributed by atoms with E-state index >= 15 is 0 Å². The summed E-state index contributed by atoms with van der Waals surface area (Å²) in [6, 6.07) is 13.0. The Bertz CT molecular complexity index is 989. The number of rotatable bonds is 7. The molecule has 0 aliphatic carbocycles. The highest BCUT2D eigenvalue weighted by Crippen LogP contribution is 2.35. The number of ketones is 1. The molecule has 7 nitrogen and oxygen atoms in total. The molecule has 2 aromatic carbocycles. The minimum Gasteiger partial charge on any atom is -0.487 e. The molecule has 0 saturated heterocycles. The van der Waals surface area contributed by atoms with Crippen LogP contribution in [0.15, 0.2) is 59.8 Å². The summed E-state index contributed by atoms with van der Waals surface area (Å²) in [6.45, 7) is 4.07. The van der Waals surface area contributed by atoms with E-state index < -0.39 is 11.0 Å². The van der Waals surface area contributed by atoms with Crippen LogP contribution in [-0.2, 0) is 0 Å². The summed E-state index contributed by atoms with van der Waals surface area (Å²) in [7, 11) is 0. The smallest absolute Gasteiger partial charge is 0.311 e. The van der Waals surface area contributed by atoms with Gasteiger partial charge in [0.05, 0.1) is 17.6 Å². The van der Waals surface area contributed by atoms with Crippen molar-refractivity contribution in [1.82, 2.24) is 10.6 Å². The maximum Gasteiger partial charge on any atom is 0.311 e. The second-order valence-corrected chi connectivity index (χ2v) is 7.01. The van der Waals surface area contributed by atoms with Gasteiger partial charge in [0.1, 0.15) is 0 Å². The molecule has 1 heterocycles. The zero-order valence-electron chi connectivity index (χ0n) is 16.1. The van der Waals surface area contributed by atoms with Crippen molar-refractivity contribution in [1.29, 1.82) is 0 Å². The maximum atomic E-state index is 13.2. The van der Waals surface area contributed by atoms with Gasteiger partial charge in [-0.15, -0.1) is 0 Å². The molecule has 0 fully saturated rings. The first kappa shape index (κ1) is 20.5. The third-order valence-corrected chi connectivity index (χ3v) is 4.74. The van der Waals surface area contributed by atoms with Gasteiger partial charge in [-0.2, -0.15) is 0 Å². The Hall–Kier alpha value is -3.26. The molecular formula is C21H21N3O4S. The molecule has 29 heavy (non-hydrogen) atoms. The van der Waals surface area contributed by atoms with E-state index in [1.165, 1.54) is 6.07 Å². The average Bonchev–Trinajstić information content (AvgIpc) is 2.71. The first-order valence-electron chi connectivity index (χ1n) is 9.21. The van der Waals surface area contributed by atoms with Crippen molar-refractivity contribution in [3.8, 4) is 5.75 Å². The number of benzene rings is 2. The molecule has 0 bridgehead atoms. The monoisotopic (exact) mass is 411 g/mol. The summed E-state index contributed by atoms with van der Waals surface area (Å²) in [6.07, 6.45) is 0.737. The van der Waals surface area contributed by atoms with Crippen LogP contribution in [0.4, 0.5) is 5.69 Å². The molecule has 0 radical (unpaired) electrons. The van der Waals surface area contributed by atoms with Gasteiger partial charge in [-0.1, -0.05) is 43.3 Å². The lowest BCUT2D eigenvalue weighted by molar-refractivity contribution is -0.385. The van der Waals surface area contributed by atoms with Gasteiger partial charge in [0, 0.05) is 22.9 Å². The lowest BCUT2D eigenvalue weighted by atomic mass is 9.89. The molecule has 0 spiro atoms. The third kappa shape index (κ3) is 4.43. The van der Waals surface area contributed by atoms with Crippen molar-refractivity contribution >= 4 is 28.8 Å². The molecule has 150 valence electrons. The number of allylic oxidation sites excluding steroid dienone is 1. The van der Waals surface area contributed by atoms with Gasteiger partial charge < -0.3 is 15.4 Å². The highest BCUT2D eigenvalue weighted by molar-refractivity contribution is 7.80. The van der Waals surface area contributed by atoms with E-state index in [4.69, 9.17) is 17.0 Å². The Kier molecular flexibility index (Phi) is 6.23. The van der Waals surface area contributed by atoms with Crippen LogP contribution in [0, 0.1) is 10.1 Å². The van der Waals surface area contributed by atoms with Crippen LogP contribution < -0.4 is 15.4 Å². The number of thiocarbonyl (C=S) groups is 1. The fraction of sp³-hybridized carbons (Fsp3) is 0.238. The summed E-state index contributed by atoms with van der Waals surface area (Å²) in [5.41, 5.74) is 2.01. The molecule has 0 amide bonds. The zero-order chi connectivity index (χ0) is 21.0. The highest BCUT2D eigenvalue weighted by atomic mass is 32.1. The lowest BCUT2D eigenvalue weighted by Crippen LogP contribution is -2.44. The normalized spacial score (nSPS) is 16.1. The van der Waals surface area contributed by atoms with Crippen LogP contribution in [0.3, 0.4) is 0 Å². The first-order chi connectivity index (χ1) is 13.9.